The lowest BCUT2D eigenvalue weighted by Gasteiger charge is -2.12. The first-order valence-corrected chi connectivity index (χ1v) is 9.98. The third-order valence-electron chi connectivity index (χ3n) is 3.76. The second kappa shape index (κ2) is 7.01. The van der Waals surface area contributed by atoms with Gasteiger partial charge in [-0.2, -0.15) is 5.10 Å². The molecule has 0 aliphatic rings. The third kappa shape index (κ3) is 4.29. The number of benzene rings is 2. The van der Waals surface area contributed by atoms with E-state index in [1.807, 2.05) is 43.5 Å². The molecule has 0 saturated carbocycles. The summed E-state index contributed by atoms with van der Waals surface area (Å²) in [7, 11) is -3.63. The van der Waals surface area contributed by atoms with Crippen molar-refractivity contribution in [1.82, 2.24) is 9.78 Å². The number of rotatable bonds is 5. The number of nitrogens with one attached hydrogen (secondary N) is 1. The Balaban J connectivity index is 1.85. The fourth-order valence-electron chi connectivity index (χ4n) is 2.55. The summed E-state index contributed by atoms with van der Waals surface area (Å²) in [6.07, 6.45) is 3.58. The lowest BCUT2D eigenvalue weighted by Crippen LogP contribution is -2.14. The van der Waals surface area contributed by atoms with Crippen molar-refractivity contribution in [3.8, 4) is 0 Å². The van der Waals surface area contributed by atoms with Crippen LogP contribution in [0.3, 0.4) is 0 Å². The molecule has 0 spiro atoms. The Labute approximate surface area is 155 Å². The molecule has 2 aromatic carbocycles. The number of anilines is 1. The maximum Gasteiger partial charge on any atom is 0.262 e. The lowest BCUT2D eigenvalue weighted by molar-refractivity contribution is 0.600. The van der Waals surface area contributed by atoms with Crippen LogP contribution in [0, 0.1) is 13.8 Å². The van der Waals surface area contributed by atoms with Gasteiger partial charge >= 0.3 is 0 Å². The summed E-state index contributed by atoms with van der Waals surface area (Å²) in [6.45, 7) is 4.23. The van der Waals surface area contributed by atoms with Gasteiger partial charge in [-0.15, -0.1) is 0 Å². The Morgan fingerprint density at radius 1 is 1.16 bits per heavy atom. The zero-order valence-electron chi connectivity index (χ0n) is 13.9. The van der Waals surface area contributed by atoms with Gasteiger partial charge in [0.05, 0.1) is 22.1 Å². The average molecular weight is 420 g/mol. The van der Waals surface area contributed by atoms with Gasteiger partial charge in [0.15, 0.2) is 0 Å². The molecule has 0 saturated heterocycles. The highest BCUT2D eigenvalue weighted by molar-refractivity contribution is 9.10. The van der Waals surface area contributed by atoms with E-state index in [0.29, 0.717) is 17.1 Å². The van der Waals surface area contributed by atoms with Crippen molar-refractivity contribution in [3.05, 3.63) is 76.0 Å². The minimum absolute atomic E-state index is 0.300. The molecule has 0 amide bonds. The Hall–Kier alpha value is -2.12. The molecule has 7 heteroatoms. The molecule has 3 aromatic rings. The van der Waals surface area contributed by atoms with Gasteiger partial charge in [-0.3, -0.25) is 9.40 Å². The van der Waals surface area contributed by atoms with Crippen LogP contribution in [-0.2, 0) is 16.6 Å². The Kier molecular flexibility index (Phi) is 4.96. The number of hydrogen-bond donors (Lipinski definition) is 1. The van der Waals surface area contributed by atoms with Crippen LogP contribution in [0.4, 0.5) is 5.69 Å². The van der Waals surface area contributed by atoms with E-state index in [9.17, 15) is 8.42 Å². The minimum Gasteiger partial charge on any atom is -0.280 e. The summed E-state index contributed by atoms with van der Waals surface area (Å²) in [5, 5.41) is 4.22. The van der Waals surface area contributed by atoms with E-state index in [1.54, 1.807) is 29.9 Å². The van der Waals surface area contributed by atoms with Gasteiger partial charge in [-0.1, -0.05) is 24.3 Å². The normalized spacial score (nSPS) is 11.5. The molecule has 0 unspecified atom stereocenters. The molecule has 3 rings (SSSR count). The first-order valence-electron chi connectivity index (χ1n) is 7.70. The summed E-state index contributed by atoms with van der Waals surface area (Å²) in [5.41, 5.74) is 3.11. The number of nitrogens with zero attached hydrogens (tertiary/aromatic N) is 2. The summed E-state index contributed by atoms with van der Waals surface area (Å²) in [4.78, 5) is 0.300. The largest absolute Gasteiger partial charge is 0.280 e. The van der Waals surface area contributed by atoms with Crippen LogP contribution in [0.15, 0.2) is 64.2 Å². The maximum absolute atomic E-state index is 12.7. The lowest BCUT2D eigenvalue weighted by atomic mass is 10.2. The van der Waals surface area contributed by atoms with Crippen molar-refractivity contribution in [2.45, 2.75) is 25.3 Å². The van der Waals surface area contributed by atoms with E-state index < -0.39 is 10.0 Å². The van der Waals surface area contributed by atoms with Crippen LogP contribution in [0.1, 0.15) is 16.7 Å². The molecule has 1 N–H and O–H groups in total. The summed E-state index contributed by atoms with van der Waals surface area (Å²) < 4.78 is 30.8. The van der Waals surface area contributed by atoms with Crippen LogP contribution < -0.4 is 4.72 Å². The Morgan fingerprint density at radius 3 is 2.68 bits per heavy atom. The van der Waals surface area contributed by atoms with Gasteiger partial charge in [-0.05, 0) is 64.7 Å². The monoisotopic (exact) mass is 419 g/mol. The fraction of sp³-hybridized carbons (Fsp3) is 0.167. The molecule has 0 bridgehead atoms. The van der Waals surface area contributed by atoms with Crippen LogP contribution in [0.5, 0.6) is 0 Å². The van der Waals surface area contributed by atoms with E-state index >= 15 is 0 Å². The number of halogens is 1. The highest BCUT2D eigenvalue weighted by Gasteiger charge is 2.17. The number of aromatic nitrogens is 2. The molecule has 0 atom stereocenters. The van der Waals surface area contributed by atoms with Crippen LogP contribution in [0.25, 0.3) is 0 Å². The zero-order chi connectivity index (χ0) is 18.0. The van der Waals surface area contributed by atoms with Crippen LogP contribution in [0.2, 0.25) is 0 Å². The number of hydrogen-bond acceptors (Lipinski definition) is 3. The van der Waals surface area contributed by atoms with Gasteiger partial charge in [0.1, 0.15) is 0 Å². The van der Waals surface area contributed by atoms with Gasteiger partial charge in [0.25, 0.3) is 10.0 Å². The molecule has 25 heavy (non-hydrogen) atoms. The smallest absolute Gasteiger partial charge is 0.262 e. The molecule has 0 aliphatic carbocycles. The van der Waals surface area contributed by atoms with Gasteiger partial charge in [0, 0.05) is 11.9 Å². The van der Waals surface area contributed by atoms with Crippen molar-refractivity contribution in [2.75, 3.05) is 4.72 Å². The number of aryl methyl sites for hydroxylation is 2. The summed E-state index contributed by atoms with van der Waals surface area (Å²) in [6, 6.07) is 12.7. The molecular weight excluding hydrogens is 402 g/mol. The zero-order valence-corrected chi connectivity index (χ0v) is 16.3. The topological polar surface area (TPSA) is 64.0 Å². The van der Waals surface area contributed by atoms with Crippen molar-refractivity contribution >= 4 is 31.6 Å². The minimum atomic E-state index is -3.63. The third-order valence-corrected chi connectivity index (χ3v) is 5.69. The molecule has 1 aromatic heterocycles. The quantitative estimate of drug-likeness (QED) is 0.676. The highest BCUT2D eigenvalue weighted by Crippen LogP contribution is 2.21. The van der Waals surface area contributed by atoms with Gasteiger partial charge in [-0.25, -0.2) is 8.42 Å². The van der Waals surface area contributed by atoms with Gasteiger partial charge in [0.2, 0.25) is 0 Å². The average Bonchev–Trinajstić information content (AvgIpc) is 2.94. The van der Waals surface area contributed by atoms with Gasteiger partial charge < -0.3 is 0 Å². The first-order chi connectivity index (χ1) is 11.8. The SMILES string of the molecule is Cc1ccc(C)c(S(=O)(=O)Nc2cccc(Cn3cc(Br)cn3)c2)c1. The molecule has 130 valence electrons. The van der Waals surface area contributed by atoms with E-state index in [4.69, 9.17) is 0 Å². The Morgan fingerprint density at radius 2 is 1.96 bits per heavy atom. The summed E-state index contributed by atoms with van der Waals surface area (Å²) >= 11 is 3.36. The van der Waals surface area contributed by atoms with Crippen molar-refractivity contribution < 1.29 is 8.42 Å². The number of sulfonamides is 1. The first kappa shape index (κ1) is 17.7. The van der Waals surface area contributed by atoms with E-state index in [2.05, 4.69) is 25.8 Å². The standard InChI is InChI=1S/C18H18BrN3O2S/c1-13-6-7-14(2)18(8-13)25(23,24)21-17-5-3-4-15(9-17)11-22-12-16(19)10-20-22/h3-10,12,21H,11H2,1-2H3. The second-order valence-electron chi connectivity index (χ2n) is 5.93. The maximum atomic E-state index is 12.7. The van der Waals surface area contributed by atoms with Crippen LogP contribution >= 0.6 is 15.9 Å². The van der Waals surface area contributed by atoms with E-state index in [1.165, 1.54) is 0 Å². The van der Waals surface area contributed by atoms with Crippen molar-refractivity contribution in [3.63, 3.8) is 0 Å². The molecule has 0 aliphatic heterocycles. The fourth-order valence-corrected chi connectivity index (χ4v) is 4.26. The Bertz CT molecular complexity index is 1010. The predicted octanol–water partition coefficient (Wildman–Crippen LogP) is 4.11. The van der Waals surface area contributed by atoms with Crippen LogP contribution in [-0.4, -0.2) is 18.2 Å². The van der Waals surface area contributed by atoms with E-state index in [-0.39, 0.29) is 0 Å². The molecule has 0 fully saturated rings. The predicted molar refractivity (Wildman–Crippen MR) is 102 cm³/mol. The molecular formula is C18H18BrN3O2S. The van der Waals surface area contributed by atoms with Crippen molar-refractivity contribution in [1.29, 1.82) is 0 Å². The molecule has 5 nitrogen and oxygen atoms in total. The van der Waals surface area contributed by atoms with E-state index in [0.717, 1.165) is 21.2 Å². The summed E-state index contributed by atoms with van der Waals surface area (Å²) in [5.74, 6) is 0. The molecule has 0 radical (unpaired) electrons. The second-order valence-corrected chi connectivity index (χ2v) is 8.50. The molecule has 1 heterocycles. The highest BCUT2D eigenvalue weighted by atomic mass is 79.9. The van der Waals surface area contributed by atoms with Crippen molar-refractivity contribution in [2.24, 2.45) is 0 Å².